The van der Waals surface area contributed by atoms with Crippen LogP contribution in [-0.2, 0) is 5.41 Å². The molecule has 0 amide bonds. The summed E-state index contributed by atoms with van der Waals surface area (Å²) in [5.74, 6) is 0. The van der Waals surface area contributed by atoms with E-state index >= 15 is 0 Å². The van der Waals surface area contributed by atoms with E-state index in [1.54, 1.807) is 5.56 Å². The minimum Gasteiger partial charge on any atom is -0.385 e. The number of anilines is 1. The van der Waals surface area contributed by atoms with Gasteiger partial charge in [-0.15, -0.1) is 12.4 Å². The Morgan fingerprint density at radius 3 is 2.73 bits per heavy atom. The van der Waals surface area contributed by atoms with E-state index in [0.717, 1.165) is 6.54 Å². The lowest BCUT2D eigenvalue weighted by atomic mass is 9.91. The third-order valence-corrected chi connectivity index (χ3v) is 4.05. The van der Waals surface area contributed by atoms with Crippen LogP contribution in [0.25, 0.3) is 0 Å². The van der Waals surface area contributed by atoms with E-state index in [0.29, 0.717) is 5.41 Å². The van der Waals surface area contributed by atoms with Crippen LogP contribution >= 0.6 is 28.3 Å². The van der Waals surface area contributed by atoms with Gasteiger partial charge in [0.15, 0.2) is 0 Å². The Morgan fingerprint density at radius 1 is 1.20 bits per heavy atom. The van der Waals surface area contributed by atoms with E-state index < -0.39 is 0 Å². The number of hydrogen-bond donors (Lipinski definition) is 1. The van der Waals surface area contributed by atoms with Crippen LogP contribution in [0.1, 0.15) is 31.2 Å². The van der Waals surface area contributed by atoms with Crippen LogP contribution in [0.15, 0.2) is 22.7 Å². The number of hydrogen-bond acceptors (Lipinski definition) is 1. The van der Waals surface area contributed by atoms with Gasteiger partial charge in [-0.05, 0) is 54.9 Å². The highest BCUT2D eigenvalue weighted by Crippen LogP contribution is 2.55. The summed E-state index contributed by atoms with van der Waals surface area (Å²) in [6, 6.07) is 6.65. The Morgan fingerprint density at radius 2 is 2.00 bits per heavy atom. The molecule has 0 saturated heterocycles. The predicted octanol–water partition coefficient (Wildman–Crippen LogP) is 4.11. The van der Waals surface area contributed by atoms with E-state index in [-0.39, 0.29) is 12.4 Å². The van der Waals surface area contributed by atoms with Crippen molar-refractivity contribution in [2.75, 3.05) is 11.9 Å². The summed E-state index contributed by atoms with van der Waals surface area (Å²) in [6.45, 7) is 1.14. The first-order valence-corrected chi connectivity index (χ1v) is 6.13. The van der Waals surface area contributed by atoms with Crippen molar-refractivity contribution < 1.29 is 0 Å². The molecule has 1 N–H and O–H groups in total. The monoisotopic (exact) mass is 287 g/mol. The van der Waals surface area contributed by atoms with Crippen molar-refractivity contribution >= 4 is 34.0 Å². The molecule has 1 spiro atoms. The third-order valence-electron chi connectivity index (χ3n) is 3.55. The molecule has 0 radical (unpaired) electrons. The van der Waals surface area contributed by atoms with Gasteiger partial charge in [-0.1, -0.05) is 15.9 Å². The molecular weight excluding hydrogens is 273 g/mol. The molecule has 0 atom stereocenters. The first-order chi connectivity index (χ1) is 6.80. The molecule has 1 aliphatic carbocycles. The van der Waals surface area contributed by atoms with Crippen LogP contribution < -0.4 is 5.32 Å². The molecule has 1 aliphatic heterocycles. The zero-order chi connectivity index (χ0) is 9.60. The molecule has 0 bridgehead atoms. The molecule has 1 aromatic carbocycles. The van der Waals surface area contributed by atoms with E-state index in [4.69, 9.17) is 0 Å². The molecule has 0 aromatic heterocycles. The number of rotatable bonds is 0. The van der Waals surface area contributed by atoms with Gasteiger partial charge in [0.05, 0.1) is 0 Å². The van der Waals surface area contributed by atoms with Gasteiger partial charge in [-0.3, -0.25) is 0 Å². The summed E-state index contributed by atoms with van der Waals surface area (Å²) in [7, 11) is 0. The average molecular weight is 289 g/mol. The second-order valence-corrected chi connectivity index (χ2v) is 5.42. The van der Waals surface area contributed by atoms with Gasteiger partial charge >= 0.3 is 0 Å². The Balaban J connectivity index is 0.000000853. The second-order valence-electron chi connectivity index (χ2n) is 4.50. The summed E-state index contributed by atoms with van der Waals surface area (Å²) in [5.41, 5.74) is 3.45. The maximum absolute atomic E-state index is 3.57. The van der Waals surface area contributed by atoms with Crippen LogP contribution in [0.5, 0.6) is 0 Å². The molecule has 15 heavy (non-hydrogen) atoms. The van der Waals surface area contributed by atoms with E-state index in [9.17, 15) is 0 Å². The van der Waals surface area contributed by atoms with Crippen LogP contribution in [0, 0.1) is 0 Å². The normalized spacial score (nSPS) is 20.9. The molecule has 1 aromatic rings. The quantitative estimate of drug-likeness (QED) is 0.757. The van der Waals surface area contributed by atoms with Gasteiger partial charge in [0, 0.05) is 16.7 Å². The summed E-state index contributed by atoms with van der Waals surface area (Å²) in [4.78, 5) is 0. The fourth-order valence-electron chi connectivity index (χ4n) is 2.56. The SMILES string of the molecule is Brc1ccc2c(c1)C1(CCCN2)CC1.Cl. The smallest absolute Gasteiger partial charge is 0.0379 e. The number of benzene rings is 1. The van der Waals surface area contributed by atoms with Gasteiger partial charge < -0.3 is 5.32 Å². The number of halogens is 2. The third kappa shape index (κ3) is 1.90. The highest BCUT2D eigenvalue weighted by Gasteiger charge is 2.45. The number of fused-ring (bicyclic) bond motifs is 2. The van der Waals surface area contributed by atoms with Crippen LogP contribution in [0.3, 0.4) is 0 Å². The van der Waals surface area contributed by atoms with E-state index in [2.05, 4.69) is 39.4 Å². The van der Waals surface area contributed by atoms with Crippen LogP contribution in [0.2, 0.25) is 0 Å². The van der Waals surface area contributed by atoms with Crippen molar-refractivity contribution in [2.45, 2.75) is 31.1 Å². The second kappa shape index (κ2) is 3.99. The highest BCUT2D eigenvalue weighted by molar-refractivity contribution is 9.10. The predicted molar refractivity (Wildman–Crippen MR) is 70.0 cm³/mol. The molecule has 1 fully saturated rings. The van der Waals surface area contributed by atoms with Crippen molar-refractivity contribution in [3.8, 4) is 0 Å². The number of nitrogens with one attached hydrogen (secondary N) is 1. The zero-order valence-electron chi connectivity index (χ0n) is 8.55. The largest absolute Gasteiger partial charge is 0.385 e. The summed E-state index contributed by atoms with van der Waals surface area (Å²) < 4.78 is 1.21. The van der Waals surface area contributed by atoms with E-state index in [1.165, 1.54) is 35.8 Å². The first kappa shape index (κ1) is 11.3. The molecule has 3 rings (SSSR count). The molecule has 82 valence electrons. The summed E-state index contributed by atoms with van der Waals surface area (Å²) in [6.07, 6.45) is 5.45. The van der Waals surface area contributed by atoms with E-state index in [1.807, 2.05) is 0 Å². The van der Waals surface area contributed by atoms with Gasteiger partial charge in [-0.2, -0.15) is 0 Å². The van der Waals surface area contributed by atoms with Crippen molar-refractivity contribution in [1.82, 2.24) is 0 Å². The minimum absolute atomic E-state index is 0. The van der Waals surface area contributed by atoms with Gasteiger partial charge in [0.1, 0.15) is 0 Å². The molecule has 1 saturated carbocycles. The fraction of sp³-hybridized carbons (Fsp3) is 0.500. The standard InChI is InChI=1S/C12H14BrN.ClH/c13-9-2-3-11-10(8-9)12(5-6-12)4-1-7-14-11;/h2-3,8,14H,1,4-7H2;1H. The Hall–Kier alpha value is -0.210. The lowest BCUT2D eigenvalue weighted by molar-refractivity contribution is 0.611. The molecule has 0 unspecified atom stereocenters. The van der Waals surface area contributed by atoms with Crippen molar-refractivity contribution in [1.29, 1.82) is 0 Å². The van der Waals surface area contributed by atoms with Crippen LogP contribution in [0.4, 0.5) is 5.69 Å². The topological polar surface area (TPSA) is 12.0 Å². The van der Waals surface area contributed by atoms with Gasteiger partial charge in [0.2, 0.25) is 0 Å². The van der Waals surface area contributed by atoms with Gasteiger partial charge in [0.25, 0.3) is 0 Å². The van der Waals surface area contributed by atoms with Crippen molar-refractivity contribution in [3.63, 3.8) is 0 Å². The lowest BCUT2D eigenvalue weighted by Gasteiger charge is -2.15. The lowest BCUT2D eigenvalue weighted by Crippen LogP contribution is -2.05. The molecule has 1 nitrogen and oxygen atoms in total. The zero-order valence-corrected chi connectivity index (χ0v) is 11.0. The highest BCUT2D eigenvalue weighted by atomic mass is 79.9. The van der Waals surface area contributed by atoms with Crippen molar-refractivity contribution in [2.24, 2.45) is 0 Å². The summed E-state index contributed by atoms with van der Waals surface area (Å²) in [5, 5.41) is 3.53. The van der Waals surface area contributed by atoms with Gasteiger partial charge in [-0.25, -0.2) is 0 Å². The fourth-order valence-corrected chi connectivity index (χ4v) is 2.93. The van der Waals surface area contributed by atoms with Crippen LogP contribution in [-0.4, -0.2) is 6.54 Å². The Labute approximate surface area is 105 Å². The molecular formula is C12H15BrClN. The minimum atomic E-state index is 0. The molecule has 3 heteroatoms. The average Bonchev–Trinajstić information content (AvgIpc) is 2.97. The summed E-state index contributed by atoms with van der Waals surface area (Å²) >= 11 is 3.57. The van der Waals surface area contributed by atoms with Crippen molar-refractivity contribution in [3.05, 3.63) is 28.2 Å². The first-order valence-electron chi connectivity index (χ1n) is 5.34. The Kier molecular flexibility index (Phi) is 3.00. The molecule has 1 heterocycles. The maximum atomic E-state index is 3.57. The maximum Gasteiger partial charge on any atom is 0.0379 e. The molecule has 2 aliphatic rings. The Bertz CT molecular complexity index is 374.